The van der Waals surface area contributed by atoms with E-state index in [2.05, 4.69) is 10.2 Å². The van der Waals surface area contributed by atoms with Crippen molar-refractivity contribution in [2.75, 3.05) is 12.9 Å². The van der Waals surface area contributed by atoms with Crippen LogP contribution < -0.4 is 4.74 Å². The zero-order valence-corrected chi connectivity index (χ0v) is 15.1. The highest BCUT2D eigenvalue weighted by Crippen LogP contribution is 2.21. The van der Waals surface area contributed by atoms with Crippen LogP contribution in [0.15, 0.2) is 58.2 Å². The molecule has 0 N–H and O–H groups in total. The summed E-state index contributed by atoms with van der Waals surface area (Å²) in [5.74, 6) is 1.14. The summed E-state index contributed by atoms with van der Waals surface area (Å²) in [4.78, 5) is 22.3. The fraction of sp³-hybridized carbons (Fsp3) is 0.167. The van der Waals surface area contributed by atoms with E-state index in [0.29, 0.717) is 23.1 Å². The van der Waals surface area contributed by atoms with Gasteiger partial charge in [-0.25, -0.2) is 0 Å². The van der Waals surface area contributed by atoms with Crippen LogP contribution in [0.2, 0.25) is 0 Å². The summed E-state index contributed by atoms with van der Waals surface area (Å²) in [6.45, 7) is 0. The van der Waals surface area contributed by atoms with Crippen LogP contribution in [0.4, 0.5) is 5.69 Å². The summed E-state index contributed by atoms with van der Waals surface area (Å²) >= 11 is 1.13. The van der Waals surface area contributed by atoms with Crippen LogP contribution in [0.5, 0.6) is 5.75 Å². The second kappa shape index (κ2) is 8.45. The van der Waals surface area contributed by atoms with E-state index in [4.69, 9.17) is 9.15 Å². The minimum Gasteiger partial charge on any atom is -0.497 e. The van der Waals surface area contributed by atoms with Crippen molar-refractivity contribution in [3.05, 3.63) is 75.7 Å². The Morgan fingerprint density at radius 1 is 1.15 bits per heavy atom. The molecule has 0 unspecified atom stereocenters. The molecule has 0 aliphatic heterocycles. The molecule has 0 saturated carbocycles. The Morgan fingerprint density at radius 2 is 1.85 bits per heavy atom. The van der Waals surface area contributed by atoms with Gasteiger partial charge < -0.3 is 9.15 Å². The average molecular weight is 385 g/mol. The third-order valence-corrected chi connectivity index (χ3v) is 4.51. The average Bonchev–Trinajstić information content (AvgIpc) is 3.14. The van der Waals surface area contributed by atoms with Gasteiger partial charge in [-0.15, -0.1) is 10.2 Å². The number of nitro benzene ring substituents is 1. The van der Waals surface area contributed by atoms with E-state index in [1.54, 1.807) is 7.11 Å². The number of benzene rings is 2. The smallest absolute Gasteiger partial charge is 0.277 e. The molecule has 27 heavy (non-hydrogen) atoms. The fourth-order valence-corrected chi connectivity index (χ4v) is 2.94. The number of hydrogen-bond donors (Lipinski definition) is 0. The standard InChI is InChI=1S/C18H15N3O5S/c1-25-15-8-2-12(3-9-15)10-17-19-20-18(26-17)27-11-16(22)13-4-6-14(7-5-13)21(23)24/h2-9H,10-11H2,1H3. The number of ether oxygens (including phenoxy) is 1. The zero-order valence-electron chi connectivity index (χ0n) is 14.3. The largest absolute Gasteiger partial charge is 0.497 e. The maximum Gasteiger partial charge on any atom is 0.277 e. The highest BCUT2D eigenvalue weighted by Gasteiger charge is 2.13. The number of nitro groups is 1. The molecule has 138 valence electrons. The number of carbonyl (C=O) groups excluding carboxylic acids is 1. The van der Waals surface area contributed by atoms with Crippen LogP contribution in [0.25, 0.3) is 0 Å². The molecule has 9 heteroatoms. The second-order valence-electron chi connectivity index (χ2n) is 5.50. The molecule has 0 fully saturated rings. The van der Waals surface area contributed by atoms with Gasteiger partial charge in [0.25, 0.3) is 10.9 Å². The molecule has 0 amide bonds. The Morgan fingerprint density at radius 3 is 2.48 bits per heavy atom. The first-order valence-corrected chi connectivity index (χ1v) is 8.89. The van der Waals surface area contributed by atoms with Gasteiger partial charge in [0.1, 0.15) is 5.75 Å². The lowest BCUT2D eigenvalue weighted by Crippen LogP contribution is -2.02. The number of methoxy groups -OCH3 is 1. The molecule has 3 aromatic rings. The first kappa shape index (κ1) is 18.6. The minimum absolute atomic E-state index is 0.0562. The van der Waals surface area contributed by atoms with E-state index in [0.717, 1.165) is 23.1 Å². The monoisotopic (exact) mass is 385 g/mol. The van der Waals surface area contributed by atoms with Gasteiger partial charge in [0.2, 0.25) is 5.89 Å². The number of non-ortho nitro benzene ring substituents is 1. The molecular formula is C18H15N3O5S. The lowest BCUT2D eigenvalue weighted by Gasteiger charge is -2.00. The Hall–Kier alpha value is -3.20. The normalized spacial score (nSPS) is 10.6. The number of aromatic nitrogens is 2. The van der Waals surface area contributed by atoms with Gasteiger partial charge in [-0.05, 0) is 29.8 Å². The molecule has 0 atom stereocenters. The van der Waals surface area contributed by atoms with E-state index >= 15 is 0 Å². The molecule has 0 bridgehead atoms. The first-order valence-electron chi connectivity index (χ1n) is 7.91. The topological polar surface area (TPSA) is 108 Å². The summed E-state index contributed by atoms with van der Waals surface area (Å²) in [5.41, 5.74) is 1.34. The molecule has 0 aliphatic carbocycles. The van der Waals surface area contributed by atoms with Gasteiger partial charge in [0, 0.05) is 17.7 Å². The van der Waals surface area contributed by atoms with Crippen LogP contribution in [0, 0.1) is 10.1 Å². The molecule has 3 rings (SSSR count). The number of ketones is 1. The molecule has 2 aromatic carbocycles. The van der Waals surface area contributed by atoms with Crippen molar-refractivity contribution in [1.29, 1.82) is 0 Å². The van der Waals surface area contributed by atoms with E-state index in [-0.39, 0.29) is 17.2 Å². The third-order valence-electron chi connectivity index (χ3n) is 3.69. The van der Waals surface area contributed by atoms with Crippen molar-refractivity contribution in [2.45, 2.75) is 11.6 Å². The highest BCUT2D eigenvalue weighted by molar-refractivity contribution is 7.99. The molecule has 0 radical (unpaired) electrons. The van der Waals surface area contributed by atoms with Crippen molar-refractivity contribution >= 4 is 23.2 Å². The van der Waals surface area contributed by atoms with Crippen LogP contribution in [-0.2, 0) is 6.42 Å². The molecule has 0 saturated heterocycles. The van der Waals surface area contributed by atoms with E-state index < -0.39 is 4.92 Å². The number of Topliss-reactive ketones (excluding diaryl/α,β-unsaturated/α-hetero) is 1. The predicted octanol–water partition coefficient (Wildman–Crippen LogP) is 3.55. The van der Waals surface area contributed by atoms with Crippen molar-refractivity contribution in [3.63, 3.8) is 0 Å². The quantitative estimate of drug-likeness (QED) is 0.251. The lowest BCUT2D eigenvalue weighted by molar-refractivity contribution is -0.384. The molecule has 8 nitrogen and oxygen atoms in total. The number of carbonyl (C=O) groups is 1. The summed E-state index contributed by atoms with van der Waals surface area (Å²) in [6.07, 6.45) is 0.480. The summed E-state index contributed by atoms with van der Waals surface area (Å²) in [6, 6.07) is 13.0. The Balaban J connectivity index is 1.55. The Bertz CT molecular complexity index is 938. The van der Waals surface area contributed by atoms with E-state index in [9.17, 15) is 14.9 Å². The molecule has 1 heterocycles. The number of thioether (sulfide) groups is 1. The van der Waals surface area contributed by atoms with Gasteiger partial charge >= 0.3 is 0 Å². The van der Waals surface area contributed by atoms with Gasteiger partial charge in [-0.1, -0.05) is 23.9 Å². The van der Waals surface area contributed by atoms with Crippen LogP contribution >= 0.6 is 11.8 Å². The van der Waals surface area contributed by atoms with Gasteiger partial charge in [0.05, 0.1) is 24.2 Å². The second-order valence-corrected chi connectivity index (χ2v) is 6.43. The van der Waals surface area contributed by atoms with Crippen molar-refractivity contribution in [1.82, 2.24) is 10.2 Å². The summed E-state index contributed by atoms with van der Waals surface area (Å²) in [5, 5.41) is 18.9. The van der Waals surface area contributed by atoms with Crippen LogP contribution in [0.1, 0.15) is 21.8 Å². The van der Waals surface area contributed by atoms with Gasteiger partial charge in [-0.2, -0.15) is 0 Å². The Kier molecular flexibility index (Phi) is 5.82. The predicted molar refractivity (Wildman–Crippen MR) is 98.2 cm³/mol. The van der Waals surface area contributed by atoms with Crippen LogP contribution in [0.3, 0.4) is 0 Å². The number of hydrogen-bond acceptors (Lipinski definition) is 8. The number of nitrogens with zero attached hydrogens (tertiary/aromatic N) is 3. The third kappa shape index (κ3) is 4.91. The minimum atomic E-state index is -0.508. The SMILES string of the molecule is COc1ccc(Cc2nnc(SCC(=O)c3ccc([N+](=O)[O-])cc3)o2)cc1. The van der Waals surface area contributed by atoms with Gasteiger partial charge in [-0.3, -0.25) is 14.9 Å². The lowest BCUT2D eigenvalue weighted by atomic mass is 10.1. The fourth-order valence-electron chi connectivity index (χ4n) is 2.27. The van der Waals surface area contributed by atoms with E-state index in [1.807, 2.05) is 24.3 Å². The maximum atomic E-state index is 12.2. The Labute approximate surface area is 158 Å². The summed E-state index contributed by atoms with van der Waals surface area (Å²) < 4.78 is 10.7. The molecule has 1 aromatic heterocycles. The first-order chi connectivity index (χ1) is 13.0. The van der Waals surface area contributed by atoms with Gasteiger partial charge in [0.15, 0.2) is 5.78 Å². The van der Waals surface area contributed by atoms with Crippen molar-refractivity contribution in [3.8, 4) is 5.75 Å². The maximum absolute atomic E-state index is 12.2. The molecule has 0 aliphatic rings. The highest BCUT2D eigenvalue weighted by atomic mass is 32.2. The molecular weight excluding hydrogens is 370 g/mol. The van der Waals surface area contributed by atoms with Crippen molar-refractivity contribution in [2.24, 2.45) is 0 Å². The summed E-state index contributed by atoms with van der Waals surface area (Å²) in [7, 11) is 1.61. The zero-order chi connectivity index (χ0) is 19.2. The van der Waals surface area contributed by atoms with Crippen LogP contribution in [-0.4, -0.2) is 33.8 Å². The van der Waals surface area contributed by atoms with Crippen molar-refractivity contribution < 1.29 is 18.9 Å². The molecule has 0 spiro atoms. The van der Waals surface area contributed by atoms with E-state index in [1.165, 1.54) is 24.3 Å². The number of rotatable bonds is 8.